The fraction of sp³-hybridized carbons (Fsp3) is 0.562. The highest BCUT2D eigenvalue weighted by molar-refractivity contribution is 7.99. The van der Waals surface area contributed by atoms with Gasteiger partial charge in [-0.3, -0.25) is 14.6 Å². The maximum Gasteiger partial charge on any atom is 0.225 e. The highest BCUT2D eigenvalue weighted by Crippen LogP contribution is 2.20. The molecule has 2 amide bonds. The van der Waals surface area contributed by atoms with Crippen molar-refractivity contribution < 1.29 is 9.59 Å². The molecule has 0 aromatic carbocycles. The molecule has 2 rings (SSSR count). The van der Waals surface area contributed by atoms with Gasteiger partial charge in [-0.1, -0.05) is 6.92 Å². The molecule has 1 aliphatic heterocycles. The van der Waals surface area contributed by atoms with E-state index in [1.807, 2.05) is 23.9 Å². The summed E-state index contributed by atoms with van der Waals surface area (Å²) < 4.78 is 0. The average molecular weight is 321 g/mol. The van der Waals surface area contributed by atoms with Gasteiger partial charge < -0.3 is 10.2 Å². The Morgan fingerprint density at radius 2 is 2.18 bits per heavy atom. The Kier molecular flexibility index (Phi) is 6.71. The Morgan fingerprint density at radius 1 is 1.41 bits per heavy atom. The van der Waals surface area contributed by atoms with Crippen LogP contribution in [0.1, 0.15) is 25.3 Å². The second-order valence-electron chi connectivity index (χ2n) is 5.43. The monoisotopic (exact) mass is 321 g/mol. The highest BCUT2D eigenvalue weighted by atomic mass is 32.2. The van der Waals surface area contributed by atoms with Gasteiger partial charge in [-0.2, -0.15) is 11.8 Å². The van der Waals surface area contributed by atoms with Gasteiger partial charge in [0.05, 0.1) is 5.92 Å². The molecule has 2 heterocycles. The summed E-state index contributed by atoms with van der Waals surface area (Å²) in [5.74, 6) is 1.89. The summed E-state index contributed by atoms with van der Waals surface area (Å²) in [6.45, 7) is 3.89. The Morgan fingerprint density at radius 3 is 2.91 bits per heavy atom. The average Bonchev–Trinajstić information content (AvgIpc) is 2.89. The van der Waals surface area contributed by atoms with Crippen LogP contribution < -0.4 is 5.32 Å². The number of likely N-dealkylation sites (tertiary alicyclic amines) is 1. The molecule has 0 radical (unpaired) electrons. The molecule has 120 valence electrons. The Balaban J connectivity index is 1.75. The number of pyridine rings is 1. The zero-order valence-electron chi connectivity index (χ0n) is 13.0. The molecule has 1 saturated heterocycles. The van der Waals surface area contributed by atoms with Crippen molar-refractivity contribution in [2.75, 3.05) is 24.6 Å². The van der Waals surface area contributed by atoms with Gasteiger partial charge in [0.1, 0.15) is 0 Å². The Hall–Kier alpha value is -1.56. The van der Waals surface area contributed by atoms with Gasteiger partial charge in [0.25, 0.3) is 0 Å². The fourth-order valence-corrected chi connectivity index (χ4v) is 3.19. The van der Waals surface area contributed by atoms with Crippen molar-refractivity contribution in [1.82, 2.24) is 15.2 Å². The first-order chi connectivity index (χ1) is 10.7. The number of carbonyl (C=O) groups is 2. The summed E-state index contributed by atoms with van der Waals surface area (Å²) in [5, 5.41) is 2.94. The van der Waals surface area contributed by atoms with Crippen LogP contribution in [0.25, 0.3) is 0 Å². The minimum absolute atomic E-state index is 0.00248. The predicted octanol–water partition coefficient (Wildman–Crippen LogP) is 1.69. The van der Waals surface area contributed by atoms with E-state index >= 15 is 0 Å². The lowest BCUT2D eigenvalue weighted by molar-refractivity contribution is -0.129. The van der Waals surface area contributed by atoms with E-state index in [9.17, 15) is 9.59 Å². The van der Waals surface area contributed by atoms with Crippen LogP contribution in [0.4, 0.5) is 0 Å². The molecule has 0 bridgehead atoms. The van der Waals surface area contributed by atoms with E-state index in [0.29, 0.717) is 26.1 Å². The van der Waals surface area contributed by atoms with Crippen molar-refractivity contribution in [3.8, 4) is 0 Å². The molecule has 1 unspecified atom stereocenters. The molecule has 22 heavy (non-hydrogen) atoms. The lowest BCUT2D eigenvalue weighted by Gasteiger charge is -2.16. The highest BCUT2D eigenvalue weighted by Gasteiger charge is 2.33. The van der Waals surface area contributed by atoms with E-state index < -0.39 is 0 Å². The summed E-state index contributed by atoms with van der Waals surface area (Å²) >= 11 is 1.84. The second-order valence-corrected chi connectivity index (χ2v) is 6.66. The molecular formula is C16H23N3O2S. The van der Waals surface area contributed by atoms with Crippen molar-refractivity contribution in [2.45, 2.75) is 26.3 Å². The molecule has 0 spiro atoms. The molecule has 1 aromatic rings. The van der Waals surface area contributed by atoms with Crippen LogP contribution >= 0.6 is 11.8 Å². The normalized spacial score (nSPS) is 17.8. The molecule has 1 aliphatic rings. The number of nitrogens with zero attached hydrogens (tertiary/aromatic N) is 2. The molecule has 5 nitrogen and oxygen atoms in total. The summed E-state index contributed by atoms with van der Waals surface area (Å²) in [6, 6.07) is 3.79. The number of thioether (sulfide) groups is 1. The van der Waals surface area contributed by atoms with Gasteiger partial charge in [0, 0.05) is 44.2 Å². The van der Waals surface area contributed by atoms with Crippen molar-refractivity contribution in [2.24, 2.45) is 5.92 Å². The van der Waals surface area contributed by atoms with E-state index in [1.54, 1.807) is 17.3 Å². The lowest BCUT2D eigenvalue weighted by atomic mass is 10.1. The number of amides is 2. The third-order valence-electron chi connectivity index (χ3n) is 3.60. The first-order valence-corrected chi connectivity index (χ1v) is 8.88. The van der Waals surface area contributed by atoms with Gasteiger partial charge in [0.2, 0.25) is 11.8 Å². The standard InChI is InChI=1S/C16H23N3O2S/c1-2-8-22-9-7-18-16(21)14-10-15(20)19(12-14)11-13-3-5-17-6-4-13/h3-6,14H,2,7-12H2,1H3,(H,18,21). The van der Waals surface area contributed by atoms with E-state index in [2.05, 4.69) is 17.2 Å². The molecule has 1 fully saturated rings. The molecule has 6 heteroatoms. The SMILES string of the molecule is CCCSCCNC(=O)C1CC(=O)N(Cc2ccncc2)C1. The third kappa shape index (κ3) is 5.02. The zero-order chi connectivity index (χ0) is 15.8. The van der Waals surface area contributed by atoms with Crippen LogP contribution in [0.2, 0.25) is 0 Å². The van der Waals surface area contributed by atoms with Gasteiger partial charge in [-0.05, 0) is 29.9 Å². The van der Waals surface area contributed by atoms with Gasteiger partial charge in [-0.15, -0.1) is 0 Å². The van der Waals surface area contributed by atoms with Crippen molar-refractivity contribution in [1.29, 1.82) is 0 Å². The van der Waals surface area contributed by atoms with E-state index in [1.165, 1.54) is 0 Å². The van der Waals surface area contributed by atoms with Crippen molar-refractivity contribution in [3.63, 3.8) is 0 Å². The van der Waals surface area contributed by atoms with E-state index in [4.69, 9.17) is 0 Å². The van der Waals surface area contributed by atoms with Crippen LogP contribution in [0.5, 0.6) is 0 Å². The molecular weight excluding hydrogens is 298 g/mol. The number of hydrogen-bond donors (Lipinski definition) is 1. The van der Waals surface area contributed by atoms with Gasteiger partial charge in [0.15, 0.2) is 0 Å². The van der Waals surface area contributed by atoms with Crippen molar-refractivity contribution >= 4 is 23.6 Å². The third-order valence-corrected chi connectivity index (χ3v) is 4.79. The predicted molar refractivity (Wildman–Crippen MR) is 88.4 cm³/mol. The number of hydrogen-bond acceptors (Lipinski definition) is 4. The zero-order valence-corrected chi connectivity index (χ0v) is 13.8. The van der Waals surface area contributed by atoms with E-state index in [0.717, 1.165) is 23.5 Å². The Labute approximate surface area is 135 Å². The first-order valence-electron chi connectivity index (χ1n) is 7.73. The molecule has 1 atom stereocenters. The summed E-state index contributed by atoms with van der Waals surface area (Å²) in [6.07, 6.45) is 4.90. The maximum atomic E-state index is 12.1. The largest absolute Gasteiger partial charge is 0.355 e. The Bertz CT molecular complexity index is 495. The first kappa shape index (κ1) is 16.8. The van der Waals surface area contributed by atoms with Crippen molar-refractivity contribution in [3.05, 3.63) is 30.1 Å². The quantitative estimate of drug-likeness (QED) is 0.740. The minimum atomic E-state index is -0.217. The summed E-state index contributed by atoms with van der Waals surface area (Å²) in [7, 11) is 0. The van der Waals surface area contributed by atoms with Crippen LogP contribution in [0.3, 0.4) is 0 Å². The molecule has 0 saturated carbocycles. The number of carbonyl (C=O) groups excluding carboxylic acids is 2. The topological polar surface area (TPSA) is 62.3 Å². The van der Waals surface area contributed by atoms with E-state index in [-0.39, 0.29) is 17.7 Å². The number of aromatic nitrogens is 1. The second kappa shape index (κ2) is 8.78. The van der Waals surface area contributed by atoms with Crippen LogP contribution in [0, 0.1) is 5.92 Å². The summed E-state index contributed by atoms with van der Waals surface area (Å²) in [5.41, 5.74) is 1.04. The van der Waals surface area contributed by atoms with Crippen LogP contribution in [-0.4, -0.2) is 46.3 Å². The molecule has 0 aliphatic carbocycles. The number of rotatable bonds is 8. The lowest BCUT2D eigenvalue weighted by Crippen LogP contribution is -2.34. The molecule has 1 N–H and O–H groups in total. The molecule has 1 aromatic heterocycles. The minimum Gasteiger partial charge on any atom is -0.355 e. The van der Waals surface area contributed by atoms with Crippen LogP contribution in [0.15, 0.2) is 24.5 Å². The summed E-state index contributed by atoms with van der Waals surface area (Å²) in [4.78, 5) is 29.9. The van der Waals surface area contributed by atoms with Crippen LogP contribution in [-0.2, 0) is 16.1 Å². The fourth-order valence-electron chi connectivity index (χ4n) is 2.45. The smallest absolute Gasteiger partial charge is 0.225 e. The van der Waals surface area contributed by atoms with Gasteiger partial charge in [-0.25, -0.2) is 0 Å². The van der Waals surface area contributed by atoms with Gasteiger partial charge >= 0.3 is 0 Å². The number of nitrogens with one attached hydrogen (secondary N) is 1. The maximum absolute atomic E-state index is 12.1.